The molecule has 8 nitrogen and oxygen atoms in total. The Labute approximate surface area is 129 Å². The summed E-state index contributed by atoms with van der Waals surface area (Å²) in [5, 5.41) is 9.79. The maximum atomic E-state index is 12.0. The number of benzene rings is 1. The summed E-state index contributed by atoms with van der Waals surface area (Å²) in [4.78, 5) is 19.5. The maximum absolute atomic E-state index is 12.0. The van der Waals surface area contributed by atoms with Gasteiger partial charge in [-0.15, -0.1) is 0 Å². The van der Waals surface area contributed by atoms with Crippen molar-refractivity contribution in [1.29, 1.82) is 0 Å². The topological polar surface area (TPSA) is 79.2 Å². The summed E-state index contributed by atoms with van der Waals surface area (Å²) in [5.74, 6) is 0. The van der Waals surface area contributed by atoms with Crippen molar-refractivity contribution in [2.24, 2.45) is 7.05 Å². The number of hydrogen-bond acceptors (Lipinski definition) is 6. The average Bonchev–Trinajstić information content (AvgIpc) is 3.16. The minimum atomic E-state index is -0.391. The van der Waals surface area contributed by atoms with E-state index in [-0.39, 0.29) is 6.61 Å². The van der Waals surface area contributed by atoms with E-state index in [4.69, 9.17) is 11.3 Å². The molecule has 3 aromatic rings. The van der Waals surface area contributed by atoms with Crippen LogP contribution in [-0.2, 0) is 13.7 Å². The lowest BCUT2D eigenvalue weighted by molar-refractivity contribution is 0.304. The smallest absolute Gasteiger partial charge is 0.368 e. The van der Waals surface area contributed by atoms with Crippen LogP contribution in [0.2, 0.25) is 0 Å². The molecule has 110 valence electrons. The van der Waals surface area contributed by atoms with E-state index < -0.39 is 5.69 Å². The van der Waals surface area contributed by atoms with E-state index in [1.165, 1.54) is 18.4 Å². The Morgan fingerprint density at radius 2 is 2.27 bits per heavy atom. The summed E-state index contributed by atoms with van der Waals surface area (Å²) >= 11 is 1.35. The Kier molecular flexibility index (Phi) is 3.67. The van der Waals surface area contributed by atoms with Gasteiger partial charge in [-0.3, -0.25) is 0 Å². The van der Waals surface area contributed by atoms with Gasteiger partial charge in [0.1, 0.15) is 6.61 Å². The van der Waals surface area contributed by atoms with Gasteiger partial charge in [0.2, 0.25) is 0 Å². The van der Waals surface area contributed by atoms with Crippen molar-refractivity contribution in [3.8, 4) is 10.9 Å². The van der Waals surface area contributed by atoms with Gasteiger partial charge in [-0.1, -0.05) is 23.5 Å². The number of ether oxygens (including phenoxy) is 1. The first kappa shape index (κ1) is 14.0. The van der Waals surface area contributed by atoms with Crippen molar-refractivity contribution in [2.45, 2.75) is 6.61 Å². The summed E-state index contributed by atoms with van der Waals surface area (Å²) in [7, 11) is 1.51. The molecule has 3 rings (SSSR count). The molecule has 0 aliphatic heterocycles. The molecular formula is C13H10N6O2S. The highest BCUT2D eigenvalue weighted by Crippen LogP contribution is 2.27. The number of aromatic nitrogens is 5. The van der Waals surface area contributed by atoms with Crippen LogP contribution >= 0.6 is 11.3 Å². The molecule has 0 atom stereocenters. The summed E-state index contributed by atoms with van der Waals surface area (Å²) in [6.07, 6.45) is 1.63. The Hall–Kier alpha value is -2.99. The largest absolute Gasteiger partial charge is 0.466 e. The van der Waals surface area contributed by atoms with Gasteiger partial charge in [0.05, 0.1) is 12.3 Å². The molecule has 2 aromatic heterocycles. The quantitative estimate of drug-likeness (QED) is 0.683. The van der Waals surface area contributed by atoms with E-state index in [0.29, 0.717) is 22.1 Å². The molecular weight excluding hydrogens is 304 g/mol. The molecule has 9 heteroatoms. The predicted molar refractivity (Wildman–Crippen MR) is 79.3 cm³/mol. The maximum Gasteiger partial charge on any atom is 0.368 e. The van der Waals surface area contributed by atoms with Crippen molar-refractivity contribution in [1.82, 2.24) is 24.8 Å². The fourth-order valence-electron chi connectivity index (χ4n) is 1.89. The normalized spacial score (nSPS) is 10.4. The van der Waals surface area contributed by atoms with Crippen LogP contribution in [0.25, 0.3) is 10.5 Å². The number of thiazole rings is 1. The van der Waals surface area contributed by atoms with E-state index in [1.807, 2.05) is 0 Å². The lowest BCUT2D eigenvalue weighted by Gasteiger charge is -2.10. The highest BCUT2D eigenvalue weighted by atomic mass is 32.1. The number of aryl methyl sites for hydroxylation is 1. The standard InChI is InChI=1S/C13H10N6O2S/c1-14-10-4-3-5-11(19-13(20)18(2)16-17-19)9(10)8-21-12-15-6-7-22-12/h3-7H,8H2,2H3. The molecule has 0 saturated carbocycles. The van der Waals surface area contributed by atoms with Gasteiger partial charge in [0.15, 0.2) is 5.69 Å². The second kappa shape index (κ2) is 5.79. The molecule has 22 heavy (non-hydrogen) atoms. The van der Waals surface area contributed by atoms with Gasteiger partial charge >= 0.3 is 5.69 Å². The Morgan fingerprint density at radius 1 is 1.41 bits per heavy atom. The first-order valence-corrected chi connectivity index (χ1v) is 7.09. The number of tetrazole rings is 1. The van der Waals surface area contributed by atoms with Crippen LogP contribution in [0.15, 0.2) is 34.6 Å². The second-order valence-electron chi connectivity index (χ2n) is 4.27. The minimum absolute atomic E-state index is 0.115. The molecule has 0 spiro atoms. The molecule has 2 heterocycles. The summed E-state index contributed by atoms with van der Waals surface area (Å²) < 4.78 is 7.85. The van der Waals surface area contributed by atoms with Crippen LogP contribution in [0.4, 0.5) is 5.69 Å². The first-order chi connectivity index (χ1) is 10.7. The molecule has 0 fully saturated rings. The molecule has 0 radical (unpaired) electrons. The van der Waals surface area contributed by atoms with Gasteiger partial charge in [-0.2, -0.15) is 9.36 Å². The van der Waals surface area contributed by atoms with E-state index in [9.17, 15) is 4.79 Å². The van der Waals surface area contributed by atoms with Crippen LogP contribution in [0.1, 0.15) is 5.56 Å². The number of nitrogens with zero attached hydrogens (tertiary/aromatic N) is 6. The SMILES string of the molecule is [C-]#[N+]c1cccc(-n2nnn(C)c2=O)c1COc1nccs1. The lowest BCUT2D eigenvalue weighted by atomic mass is 10.1. The summed E-state index contributed by atoms with van der Waals surface area (Å²) in [6.45, 7) is 7.40. The molecule has 1 aromatic carbocycles. The highest BCUT2D eigenvalue weighted by Gasteiger charge is 2.15. The van der Waals surface area contributed by atoms with E-state index in [0.717, 1.165) is 9.36 Å². The fraction of sp³-hybridized carbons (Fsp3) is 0.154. The number of hydrogen-bond donors (Lipinski definition) is 0. The summed E-state index contributed by atoms with van der Waals surface area (Å²) in [6, 6.07) is 5.06. The van der Waals surface area contributed by atoms with Gasteiger partial charge in [0.25, 0.3) is 5.19 Å². The Morgan fingerprint density at radius 3 is 2.91 bits per heavy atom. The highest BCUT2D eigenvalue weighted by molar-refractivity contribution is 7.11. The second-order valence-corrected chi connectivity index (χ2v) is 5.13. The third-order valence-corrected chi connectivity index (χ3v) is 3.63. The average molecular weight is 314 g/mol. The molecule has 0 unspecified atom stereocenters. The molecule has 0 aliphatic carbocycles. The Bertz CT molecular complexity index is 890. The zero-order valence-corrected chi connectivity index (χ0v) is 12.3. The molecule has 0 aliphatic rings. The van der Waals surface area contributed by atoms with Gasteiger partial charge < -0.3 is 4.74 Å². The monoisotopic (exact) mass is 314 g/mol. The van der Waals surface area contributed by atoms with Crippen LogP contribution < -0.4 is 10.4 Å². The molecule has 0 N–H and O–H groups in total. The zero-order valence-electron chi connectivity index (χ0n) is 11.5. The van der Waals surface area contributed by atoms with E-state index >= 15 is 0 Å². The zero-order chi connectivity index (χ0) is 15.5. The van der Waals surface area contributed by atoms with Gasteiger partial charge in [0, 0.05) is 24.2 Å². The third kappa shape index (κ3) is 2.47. The predicted octanol–water partition coefficient (Wildman–Crippen LogP) is 1.55. The number of rotatable bonds is 4. The lowest BCUT2D eigenvalue weighted by Crippen LogP contribution is -2.23. The molecule has 0 amide bonds. The van der Waals surface area contributed by atoms with Crippen molar-refractivity contribution in [2.75, 3.05) is 0 Å². The first-order valence-electron chi connectivity index (χ1n) is 6.21. The van der Waals surface area contributed by atoms with Crippen LogP contribution in [0.5, 0.6) is 5.19 Å². The third-order valence-electron chi connectivity index (χ3n) is 2.95. The summed E-state index contributed by atoms with van der Waals surface area (Å²) in [5.41, 5.74) is 1.04. The van der Waals surface area contributed by atoms with Crippen molar-refractivity contribution < 1.29 is 4.74 Å². The van der Waals surface area contributed by atoms with Crippen molar-refractivity contribution in [3.63, 3.8) is 0 Å². The molecule has 0 saturated heterocycles. The molecule has 0 bridgehead atoms. The van der Waals surface area contributed by atoms with Crippen molar-refractivity contribution in [3.05, 3.63) is 57.2 Å². The van der Waals surface area contributed by atoms with Crippen LogP contribution in [0.3, 0.4) is 0 Å². The van der Waals surface area contributed by atoms with Gasteiger partial charge in [-0.05, 0) is 16.5 Å². The van der Waals surface area contributed by atoms with E-state index in [1.54, 1.807) is 29.8 Å². The van der Waals surface area contributed by atoms with Crippen molar-refractivity contribution >= 4 is 17.0 Å². The Balaban J connectivity index is 2.05. The minimum Gasteiger partial charge on any atom is -0.466 e. The van der Waals surface area contributed by atoms with Gasteiger partial charge in [-0.25, -0.2) is 14.6 Å². The fourth-order valence-corrected chi connectivity index (χ4v) is 2.38. The van der Waals surface area contributed by atoms with Crippen LogP contribution in [0, 0.1) is 6.57 Å². The van der Waals surface area contributed by atoms with Crippen LogP contribution in [-0.4, -0.2) is 24.8 Å². The van der Waals surface area contributed by atoms with E-state index in [2.05, 4.69) is 20.3 Å².